The van der Waals surface area contributed by atoms with E-state index >= 15 is 0 Å². The van der Waals surface area contributed by atoms with Gasteiger partial charge in [-0.1, -0.05) is 60.7 Å². The van der Waals surface area contributed by atoms with Crippen molar-refractivity contribution in [3.63, 3.8) is 0 Å². The molecule has 27 heavy (non-hydrogen) atoms. The number of para-hydroxylation sites is 1. The fourth-order valence-corrected chi connectivity index (χ4v) is 2.79. The standard InChI is InChI=1S/C23H19NO3/c1-16-15-19(18-7-3-2-4-8-18)12-11-17(16)13-14-22(25)24-21-10-6-5-9-20(21)23(26)27/h2-15H,1H3,(H,24,25)(H,26,27). The molecule has 0 aliphatic carbocycles. The Bertz CT molecular complexity index is 1010. The van der Waals surface area contributed by atoms with Crippen molar-refractivity contribution in [2.75, 3.05) is 5.32 Å². The summed E-state index contributed by atoms with van der Waals surface area (Å²) in [6, 6.07) is 22.5. The van der Waals surface area contributed by atoms with Crippen LogP contribution in [0.1, 0.15) is 21.5 Å². The average Bonchev–Trinajstić information content (AvgIpc) is 2.68. The van der Waals surface area contributed by atoms with Crippen LogP contribution in [0, 0.1) is 6.92 Å². The number of benzene rings is 3. The van der Waals surface area contributed by atoms with Crippen LogP contribution >= 0.6 is 0 Å². The zero-order chi connectivity index (χ0) is 19.2. The van der Waals surface area contributed by atoms with Crippen LogP contribution in [0.5, 0.6) is 0 Å². The third-order valence-corrected chi connectivity index (χ3v) is 4.21. The van der Waals surface area contributed by atoms with Gasteiger partial charge in [-0.15, -0.1) is 0 Å². The summed E-state index contributed by atoms with van der Waals surface area (Å²) in [5, 5.41) is 11.8. The number of rotatable bonds is 5. The minimum absolute atomic E-state index is 0.0580. The van der Waals surface area contributed by atoms with E-state index in [1.54, 1.807) is 24.3 Å². The van der Waals surface area contributed by atoms with Gasteiger partial charge in [0.15, 0.2) is 0 Å². The van der Waals surface area contributed by atoms with Crippen LogP contribution in [0.3, 0.4) is 0 Å². The largest absolute Gasteiger partial charge is 0.478 e. The smallest absolute Gasteiger partial charge is 0.337 e. The number of aromatic carboxylic acids is 1. The number of nitrogens with one attached hydrogen (secondary N) is 1. The molecular formula is C23H19NO3. The van der Waals surface area contributed by atoms with E-state index in [1.807, 2.05) is 37.3 Å². The lowest BCUT2D eigenvalue weighted by Crippen LogP contribution is -2.11. The number of aryl methyl sites for hydroxylation is 1. The van der Waals surface area contributed by atoms with Gasteiger partial charge in [-0.05, 0) is 47.4 Å². The number of carboxylic acid groups (broad SMARTS) is 1. The van der Waals surface area contributed by atoms with Crippen molar-refractivity contribution in [2.24, 2.45) is 0 Å². The number of hydrogen-bond acceptors (Lipinski definition) is 2. The lowest BCUT2D eigenvalue weighted by molar-refractivity contribution is -0.111. The normalized spacial score (nSPS) is 10.7. The van der Waals surface area contributed by atoms with Crippen LogP contribution in [0.2, 0.25) is 0 Å². The van der Waals surface area contributed by atoms with Crippen molar-refractivity contribution < 1.29 is 14.7 Å². The Labute approximate surface area is 157 Å². The molecule has 0 atom stereocenters. The SMILES string of the molecule is Cc1cc(-c2ccccc2)ccc1C=CC(=O)Nc1ccccc1C(=O)O. The molecule has 4 heteroatoms. The van der Waals surface area contributed by atoms with E-state index < -0.39 is 5.97 Å². The monoisotopic (exact) mass is 357 g/mol. The van der Waals surface area contributed by atoms with E-state index in [-0.39, 0.29) is 17.2 Å². The van der Waals surface area contributed by atoms with Gasteiger partial charge in [-0.2, -0.15) is 0 Å². The van der Waals surface area contributed by atoms with E-state index in [9.17, 15) is 14.7 Å². The number of carboxylic acids is 1. The van der Waals surface area contributed by atoms with Gasteiger partial charge in [0.05, 0.1) is 11.3 Å². The molecule has 0 unspecified atom stereocenters. The molecule has 3 aromatic carbocycles. The fraction of sp³-hybridized carbons (Fsp3) is 0.0435. The highest BCUT2D eigenvalue weighted by Gasteiger charge is 2.10. The lowest BCUT2D eigenvalue weighted by Gasteiger charge is -2.07. The molecule has 0 heterocycles. The molecule has 0 aliphatic rings. The molecule has 4 nitrogen and oxygen atoms in total. The van der Waals surface area contributed by atoms with E-state index in [0.29, 0.717) is 0 Å². The van der Waals surface area contributed by atoms with Crippen LogP contribution in [-0.2, 0) is 4.79 Å². The second-order valence-electron chi connectivity index (χ2n) is 6.11. The van der Waals surface area contributed by atoms with Gasteiger partial charge in [0.1, 0.15) is 0 Å². The molecule has 0 fully saturated rings. The first-order valence-electron chi connectivity index (χ1n) is 8.52. The van der Waals surface area contributed by atoms with E-state index in [0.717, 1.165) is 22.3 Å². The molecule has 0 radical (unpaired) electrons. The predicted molar refractivity (Wildman–Crippen MR) is 108 cm³/mol. The number of amides is 1. The first-order chi connectivity index (χ1) is 13.0. The Morgan fingerprint density at radius 3 is 2.30 bits per heavy atom. The Morgan fingerprint density at radius 1 is 0.889 bits per heavy atom. The molecule has 0 aromatic heterocycles. The van der Waals surface area contributed by atoms with Gasteiger partial charge >= 0.3 is 5.97 Å². The average molecular weight is 357 g/mol. The second kappa shape index (κ2) is 8.15. The van der Waals surface area contributed by atoms with Crippen LogP contribution in [0.4, 0.5) is 5.69 Å². The highest BCUT2D eigenvalue weighted by atomic mass is 16.4. The summed E-state index contributed by atoms with van der Waals surface area (Å²) in [6.45, 7) is 1.99. The Balaban J connectivity index is 1.74. The van der Waals surface area contributed by atoms with Crippen molar-refractivity contribution in [1.82, 2.24) is 0 Å². The van der Waals surface area contributed by atoms with Gasteiger partial charge in [-0.3, -0.25) is 4.79 Å². The number of carbonyl (C=O) groups is 2. The minimum atomic E-state index is -1.08. The Kier molecular flexibility index (Phi) is 5.47. The highest BCUT2D eigenvalue weighted by molar-refractivity contribution is 6.06. The minimum Gasteiger partial charge on any atom is -0.478 e. The number of hydrogen-bond donors (Lipinski definition) is 2. The lowest BCUT2D eigenvalue weighted by atomic mass is 10.00. The maximum absolute atomic E-state index is 12.2. The van der Waals surface area contributed by atoms with Crippen LogP contribution in [-0.4, -0.2) is 17.0 Å². The summed E-state index contributed by atoms with van der Waals surface area (Å²) in [5.74, 6) is -1.46. The second-order valence-corrected chi connectivity index (χ2v) is 6.11. The Morgan fingerprint density at radius 2 is 1.59 bits per heavy atom. The van der Waals surface area contributed by atoms with Crippen molar-refractivity contribution in [3.8, 4) is 11.1 Å². The molecule has 3 rings (SSSR count). The van der Waals surface area contributed by atoms with Crippen LogP contribution in [0.25, 0.3) is 17.2 Å². The quantitative estimate of drug-likeness (QED) is 0.631. The van der Waals surface area contributed by atoms with E-state index in [1.165, 1.54) is 12.1 Å². The summed E-state index contributed by atoms with van der Waals surface area (Å²) >= 11 is 0. The summed E-state index contributed by atoms with van der Waals surface area (Å²) in [6.07, 6.45) is 3.13. The third kappa shape index (κ3) is 4.50. The molecule has 1 amide bonds. The van der Waals surface area contributed by atoms with Crippen LogP contribution in [0.15, 0.2) is 78.9 Å². The zero-order valence-corrected chi connectivity index (χ0v) is 14.8. The Hall–Kier alpha value is -3.66. The van der Waals surface area contributed by atoms with Gasteiger partial charge in [0.25, 0.3) is 0 Å². The van der Waals surface area contributed by atoms with Crippen molar-refractivity contribution in [1.29, 1.82) is 0 Å². The van der Waals surface area contributed by atoms with E-state index in [2.05, 4.69) is 23.5 Å². The predicted octanol–water partition coefficient (Wildman–Crippen LogP) is 5.01. The first-order valence-corrected chi connectivity index (χ1v) is 8.52. The maximum atomic E-state index is 12.2. The molecule has 0 saturated carbocycles. The van der Waals surface area contributed by atoms with Crippen molar-refractivity contribution >= 4 is 23.6 Å². The van der Waals surface area contributed by atoms with Crippen LogP contribution < -0.4 is 5.32 Å². The third-order valence-electron chi connectivity index (χ3n) is 4.21. The molecule has 0 spiro atoms. The molecule has 3 aromatic rings. The van der Waals surface area contributed by atoms with Gasteiger partial charge in [0, 0.05) is 6.08 Å². The molecule has 2 N–H and O–H groups in total. The summed E-state index contributed by atoms with van der Waals surface area (Å²) in [7, 11) is 0. The summed E-state index contributed by atoms with van der Waals surface area (Å²) in [4.78, 5) is 23.4. The topological polar surface area (TPSA) is 66.4 Å². The summed E-state index contributed by atoms with van der Waals surface area (Å²) < 4.78 is 0. The first kappa shape index (κ1) is 18.1. The zero-order valence-electron chi connectivity index (χ0n) is 14.8. The molecular weight excluding hydrogens is 338 g/mol. The highest BCUT2D eigenvalue weighted by Crippen LogP contribution is 2.23. The molecule has 134 valence electrons. The van der Waals surface area contributed by atoms with Gasteiger partial charge in [-0.25, -0.2) is 4.79 Å². The maximum Gasteiger partial charge on any atom is 0.337 e. The number of anilines is 1. The van der Waals surface area contributed by atoms with E-state index in [4.69, 9.17) is 0 Å². The van der Waals surface area contributed by atoms with Gasteiger partial charge in [0.2, 0.25) is 5.91 Å². The molecule has 0 bridgehead atoms. The molecule has 0 saturated heterocycles. The van der Waals surface area contributed by atoms with Crippen molar-refractivity contribution in [2.45, 2.75) is 6.92 Å². The van der Waals surface area contributed by atoms with Gasteiger partial charge < -0.3 is 10.4 Å². The summed E-state index contributed by atoms with van der Waals surface area (Å²) in [5.41, 5.74) is 4.56. The molecule has 0 aliphatic heterocycles. The van der Waals surface area contributed by atoms with Crippen molar-refractivity contribution in [3.05, 3.63) is 95.6 Å². The fourth-order valence-electron chi connectivity index (χ4n) is 2.79. The number of carbonyl (C=O) groups excluding carboxylic acids is 1.